The lowest BCUT2D eigenvalue weighted by molar-refractivity contribution is -0.671. The van der Waals surface area contributed by atoms with Crippen LogP contribution in [0, 0.1) is 0 Å². The molecule has 5 heteroatoms. The molecule has 0 saturated heterocycles. The Bertz CT molecular complexity index is 547. The molecule has 0 aliphatic heterocycles. The third-order valence-electron chi connectivity index (χ3n) is 3.82. The van der Waals surface area contributed by atoms with Crippen LogP contribution in [0.5, 0.6) is 0 Å². The quantitative estimate of drug-likeness (QED) is 0.495. The summed E-state index contributed by atoms with van der Waals surface area (Å²) in [5.74, 6) is -1.42. The van der Waals surface area contributed by atoms with Gasteiger partial charge in [-0.3, -0.25) is 0 Å². The number of carbonyl (C=O) groups is 1. The number of nitrogens with zero attached hydrogens (tertiary/aromatic N) is 2. The standard InChI is InChI=1S/C14H27N2.C5H4O3/c1-3-4-5-6-7-8-9-10-11-16-13-12-15(2)14-16;6-5(7)4-2-1-3-8-4/h12-14H,3-11H2,1-2H3;1-3H,(H,6,7)/q+1;/p-1. The molecule has 0 spiro atoms. The second-order valence-electron chi connectivity index (χ2n) is 6.06. The van der Waals surface area contributed by atoms with Crippen LogP contribution in [0.15, 0.2) is 41.5 Å². The molecule has 0 aromatic carbocycles. The average Bonchev–Trinajstić information content (AvgIpc) is 3.22. The van der Waals surface area contributed by atoms with Crippen LogP contribution in [0.2, 0.25) is 0 Å². The van der Waals surface area contributed by atoms with Gasteiger partial charge in [-0.15, -0.1) is 0 Å². The molecule has 0 aliphatic rings. The third-order valence-corrected chi connectivity index (χ3v) is 3.82. The maximum Gasteiger partial charge on any atom is 0.243 e. The first-order chi connectivity index (χ1) is 11.6. The topological polar surface area (TPSA) is 62.1 Å². The van der Waals surface area contributed by atoms with E-state index in [-0.39, 0.29) is 5.76 Å². The minimum Gasteiger partial charge on any atom is -0.542 e. The lowest BCUT2D eigenvalue weighted by atomic mass is 10.1. The molecular weight excluding hydrogens is 304 g/mol. The summed E-state index contributed by atoms with van der Waals surface area (Å²) in [7, 11) is 2.07. The van der Waals surface area contributed by atoms with E-state index in [1.165, 1.54) is 76.3 Å². The molecule has 5 nitrogen and oxygen atoms in total. The van der Waals surface area contributed by atoms with E-state index in [0.29, 0.717) is 0 Å². The Labute approximate surface area is 144 Å². The number of hydrogen-bond acceptors (Lipinski definition) is 3. The van der Waals surface area contributed by atoms with E-state index in [2.05, 4.69) is 46.2 Å². The molecule has 24 heavy (non-hydrogen) atoms. The average molecular weight is 334 g/mol. The van der Waals surface area contributed by atoms with E-state index in [1.54, 1.807) is 0 Å². The van der Waals surface area contributed by atoms with Gasteiger partial charge in [-0.25, -0.2) is 9.13 Å². The minimum absolute atomic E-state index is 0.134. The van der Waals surface area contributed by atoms with Crippen LogP contribution in [0.4, 0.5) is 0 Å². The first-order valence-corrected chi connectivity index (χ1v) is 8.89. The van der Waals surface area contributed by atoms with E-state index in [1.807, 2.05) is 0 Å². The summed E-state index contributed by atoms with van der Waals surface area (Å²) in [5.41, 5.74) is 0. The van der Waals surface area contributed by atoms with Crippen LogP contribution < -0.4 is 9.67 Å². The van der Waals surface area contributed by atoms with Crippen LogP contribution >= 0.6 is 0 Å². The van der Waals surface area contributed by atoms with E-state index in [0.717, 1.165) is 0 Å². The molecule has 134 valence electrons. The molecular formula is C19H30N2O3. The van der Waals surface area contributed by atoms with Gasteiger partial charge in [0.05, 0.1) is 19.9 Å². The fourth-order valence-corrected chi connectivity index (χ4v) is 2.46. The van der Waals surface area contributed by atoms with Crippen molar-refractivity contribution < 1.29 is 18.9 Å². The van der Waals surface area contributed by atoms with E-state index < -0.39 is 5.97 Å². The largest absolute Gasteiger partial charge is 0.542 e. The molecule has 0 bridgehead atoms. The summed E-state index contributed by atoms with van der Waals surface area (Å²) in [6, 6.07) is 2.82. The third kappa shape index (κ3) is 9.18. The van der Waals surface area contributed by atoms with Gasteiger partial charge >= 0.3 is 0 Å². The number of imidazole rings is 1. The van der Waals surface area contributed by atoms with Crippen molar-refractivity contribution in [3.05, 3.63) is 42.9 Å². The van der Waals surface area contributed by atoms with Crippen LogP contribution in [0.1, 0.15) is 68.8 Å². The van der Waals surface area contributed by atoms with Crippen molar-refractivity contribution in [2.45, 2.75) is 64.8 Å². The second kappa shape index (κ2) is 12.4. The summed E-state index contributed by atoms with van der Waals surface area (Å²) < 4.78 is 8.81. The van der Waals surface area contributed by atoms with E-state index in [4.69, 9.17) is 0 Å². The van der Waals surface area contributed by atoms with Gasteiger partial charge in [0.25, 0.3) is 0 Å². The molecule has 0 saturated carbocycles. The molecule has 0 radical (unpaired) electrons. The molecule has 2 aromatic heterocycles. The molecule has 2 heterocycles. The number of aryl methyl sites for hydroxylation is 2. The van der Waals surface area contributed by atoms with Gasteiger partial charge in [0.15, 0.2) is 0 Å². The zero-order chi connectivity index (χ0) is 17.6. The number of carbonyl (C=O) groups excluding carboxylic acids is 1. The van der Waals surface area contributed by atoms with E-state index in [9.17, 15) is 9.90 Å². The van der Waals surface area contributed by atoms with Gasteiger partial charge in [0.1, 0.15) is 24.1 Å². The molecule has 0 fully saturated rings. The maximum atomic E-state index is 9.86. The van der Waals surface area contributed by atoms with Gasteiger partial charge in [-0.05, 0) is 25.0 Å². The van der Waals surface area contributed by atoms with Gasteiger partial charge in [-0.2, -0.15) is 0 Å². The van der Waals surface area contributed by atoms with Crippen molar-refractivity contribution in [1.82, 2.24) is 4.57 Å². The SMILES string of the molecule is CCCCCCCCCCn1cc[n+](C)c1.O=C([O-])c1ccco1. The molecule has 2 rings (SSSR count). The number of furan rings is 1. The summed E-state index contributed by atoms with van der Waals surface area (Å²) in [6.45, 7) is 3.45. The lowest BCUT2D eigenvalue weighted by Crippen LogP contribution is -2.23. The van der Waals surface area contributed by atoms with Crippen LogP contribution in [-0.2, 0) is 13.6 Å². The monoisotopic (exact) mass is 334 g/mol. The predicted molar refractivity (Wildman–Crippen MR) is 91.3 cm³/mol. The Kier molecular flexibility index (Phi) is 10.3. The highest BCUT2D eigenvalue weighted by atomic mass is 16.4. The number of carboxylic acids is 1. The second-order valence-corrected chi connectivity index (χ2v) is 6.06. The lowest BCUT2D eigenvalue weighted by Gasteiger charge is -2.00. The summed E-state index contributed by atoms with van der Waals surface area (Å²) in [4.78, 5) is 9.86. The fourth-order valence-electron chi connectivity index (χ4n) is 2.46. The predicted octanol–water partition coefficient (Wildman–Crippen LogP) is 3.10. The number of hydrogen-bond donors (Lipinski definition) is 0. The summed E-state index contributed by atoms with van der Waals surface area (Å²) >= 11 is 0. The Morgan fingerprint density at radius 2 is 1.83 bits per heavy atom. The number of aromatic carboxylic acids is 1. The minimum atomic E-state index is -1.28. The Hall–Kier alpha value is -2.04. The van der Waals surface area contributed by atoms with Crippen molar-refractivity contribution in [3.63, 3.8) is 0 Å². The molecule has 0 atom stereocenters. The van der Waals surface area contributed by atoms with Crippen molar-refractivity contribution >= 4 is 5.97 Å². The Balaban J connectivity index is 0.000000300. The molecule has 2 aromatic rings. The Morgan fingerprint density at radius 1 is 1.17 bits per heavy atom. The zero-order valence-electron chi connectivity index (χ0n) is 14.9. The van der Waals surface area contributed by atoms with Gasteiger partial charge in [0.2, 0.25) is 6.33 Å². The number of carboxylic acid groups (broad SMARTS) is 1. The maximum absolute atomic E-state index is 9.86. The first kappa shape index (κ1) is 20.0. The van der Waals surface area contributed by atoms with Gasteiger partial charge < -0.3 is 14.3 Å². The fraction of sp³-hybridized carbons (Fsp3) is 0.579. The highest BCUT2D eigenvalue weighted by Crippen LogP contribution is 2.08. The van der Waals surface area contributed by atoms with Crippen molar-refractivity contribution in [2.75, 3.05) is 0 Å². The summed E-state index contributed by atoms with van der Waals surface area (Å²) in [6.07, 6.45) is 18.9. The van der Waals surface area contributed by atoms with Gasteiger partial charge in [0, 0.05) is 0 Å². The van der Waals surface area contributed by atoms with Crippen LogP contribution in [-0.4, -0.2) is 10.5 Å². The summed E-state index contributed by atoms with van der Waals surface area (Å²) in [5, 5.41) is 9.86. The van der Waals surface area contributed by atoms with Crippen LogP contribution in [0.3, 0.4) is 0 Å². The smallest absolute Gasteiger partial charge is 0.243 e. The van der Waals surface area contributed by atoms with Crippen molar-refractivity contribution in [1.29, 1.82) is 0 Å². The van der Waals surface area contributed by atoms with Gasteiger partial charge in [-0.1, -0.05) is 45.4 Å². The first-order valence-electron chi connectivity index (χ1n) is 8.89. The number of aromatic nitrogens is 2. The Morgan fingerprint density at radius 3 is 2.29 bits per heavy atom. The highest BCUT2D eigenvalue weighted by molar-refractivity contribution is 5.82. The normalized spacial score (nSPS) is 10.2. The van der Waals surface area contributed by atoms with Crippen molar-refractivity contribution in [3.8, 4) is 0 Å². The molecule has 0 unspecified atom stereocenters. The number of rotatable bonds is 10. The molecule has 0 aliphatic carbocycles. The van der Waals surface area contributed by atoms with Crippen molar-refractivity contribution in [2.24, 2.45) is 7.05 Å². The highest BCUT2D eigenvalue weighted by Gasteiger charge is 1.99. The zero-order valence-corrected chi connectivity index (χ0v) is 14.9. The van der Waals surface area contributed by atoms with Crippen LogP contribution in [0.25, 0.3) is 0 Å². The number of unbranched alkanes of at least 4 members (excludes halogenated alkanes) is 7. The molecule has 0 N–H and O–H groups in total. The van der Waals surface area contributed by atoms with E-state index >= 15 is 0 Å². The molecule has 0 amide bonds.